The van der Waals surface area contributed by atoms with Crippen molar-refractivity contribution in [2.45, 2.75) is 26.4 Å². The standard InChI is InChI=1S/C14H20ClNO3/c1-3-7-16(8-9-17)14(18)11(2)19-13-6-4-5-12(15)10-13/h4-6,10-11,17H,3,7-9H2,1-2H3. The molecule has 5 heteroatoms. The van der Waals surface area contributed by atoms with Gasteiger partial charge in [0, 0.05) is 18.1 Å². The molecule has 0 aliphatic heterocycles. The average molecular weight is 286 g/mol. The summed E-state index contributed by atoms with van der Waals surface area (Å²) in [4.78, 5) is 13.8. The molecule has 0 radical (unpaired) electrons. The highest BCUT2D eigenvalue weighted by atomic mass is 35.5. The SMILES string of the molecule is CCCN(CCO)C(=O)C(C)Oc1cccc(Cl)c1. The van der Waals surface area contributed by atoms with E-state index in [1.165, 1.54) is 0 Å². The molecule has 0 saturated heterocycles. The maximum Gasteiger partial charge on any atom is 0.263 e. The van der Waals surface area contributed by atoms with Crippen molar-refractivity contribution in [2.24, 2.45) is 0 Å². The smallest absolute Gasteiger partial charge is 0.263 e. The lowest BCUT2D eigenvalue weighted by Gasteiger charge is -2.25. The van der Waals surface area contributed by atoms with Gasteiger partial charge in [0.05, 0.1) is 6.61 Å². The lowest BCUT2D eigenvalue weighted by atomic mass is 10.3. The number of carbonyl (C=O) groups is 1. The van der Waals surface area contributed by atoms with Crippen LogP contribution in [0.4, 0.5) is 0 Å². The number of carbonyl (C=O) groups excluding carboxylic acids is 1. The van der Waals surface area contributed by atoms with Crippen LogP contribution in [-0.2, 0) is 4.79 Å². The van der Waals surface area contributed by atoms with Gasteiger partial charge in [-0.3, -0.25) is 4.79 Å². The molecular formula is C14H20ClNO3. The Balaban J connectivity index is 2.65. The zero-order valence-corrected chi connectivity index (χ0v) is 12.1. The molecule has 0 fully saturated rings. The van der Waals surface area contributed by atoms with Gasteiger partial charge in [-0.05, 0) is 31.5 Å². The van der Waals surface area contributed by atoms with E-state index < -0.39 is 6.10 Å². The van der Waals surface area contributed by atoms with Gasteiger partial charge in [-0.15, -0.1) is 0 Å². The van der Waals surface area contributed by atoms with Crippen molar-refractivity contribution in [3.63, 3.8) is 0 Å². The van der Waals surface area contributed by atoms with Crippen LogP contribution in [0.15, 0.2) is 24.3 Å². The van der Waals surface area contributed by atoms with Gasteiger partial charge in [-0.25, -0.2) is 0 Å². The number of aliphatic hydroxyl groups is 1. The van der Waals surface area contributed by atoms with Crippen LogP contribution >= 0.6 is 11.6 Å². The molecule has 0 aliphatic carbocycles. The lowest BCUT2D eigenvalue weighted by Crippen LogP contribution is -2.42. The molecule has 19 heavy (non-hydrogen) atoms. The summed E-state index contributed by atoms with van der Waals surface area (Å²) < 4.78 is 5.57. The van der Waals surface area contributed by atoms with Gasteiger partial charge in [-0.1, -0.05) is 24.6 Å². The number of rotatable bonds is 7. The van der Waals surface area contributed by atoms with Crippen LogP contribution in [0.3, 0.4) is 0 Å². The second-order valence-electron chi connectivity index (χ2n) is 4.27. The van der Waals surface area contributed by atoms with E-state index in [2.05, 4.69) is 0 Å². The number of aliphatic hydroxyl groups excluding tert-OH is 1. The molecule has 1 rings (SSSR count). The molecule has 0 bridgehead atoms. The Labute approximate surface area is 118 Å². The topological polar surface area (TPSA) is 49.8 Å². The first-order valence-corrected chi connectivity index (χ1v) is 6.78. The molecule has 4 nitrogen and oxygen atoms in total. The van der Waals surface area contributed by atoms with Gasteiger partial charge in [-0.2, -0.15) is 0 Å². The second-order valence-corrected chi connectivity index (χ2v) is 4.70. The first-order valence-electron chi connectivity index (χ1n) is 6.40. The zero-order chi connectivity index (χ0) is 14.3. The Morgan fingerprint density at radius 2 is 2.21 bits per heavy atom. The fourth-order valence-electron chi connectivity index (χ4n) is 1.77. The summed E-state index contributed by atoms with van der Waals surface area (Å²) in [6.45, 7) is 4.58. The third-order valence-corrected chi connectivity index (χ3v) is 2.87. The second kappa shape index (κ2) is 8.02. The molecule has 1 aromatic rings. The summed E-state index contributed by atoms with van der Waals surface area (Å²) in [5, 5.41) is 9.54. The van der Waals surface area contributed by atoms with Gasteiger partial charge in [0.15, 0.2) is 6.10 Å². The van der Waals surface area contributed by atoms with Crippen LogP contribution in [0.5, 0.6) is 5.75 Å². The average Bonchev–Trinajstić information content (AvgIpc) is 2.37. The summed E-state index contributed by atoms with van der Waals surface area (Å²) in [6, 6.07) is 6.94. The molecule has 1 N–H and O–H groups in total. The third kappa shape index (κ3) is 5.09. The van der Waals surface area contributed by atoms with Crippen molar-refractivity contribution in [3.05, 3.63) is 29.3 Å². The van der Waals surface area contributed by atoms with Crippen LogP contribution in [-0.4, -0.2) is 41.7 Å². The molecule has 1 aromatic carbocycles. The van der Waals surface area contributed by atoms with Crippen molar-refractivity contribution in [1.29, 1.82) is 0 Å². The number of benzene rings is 1. The maximum absolute atomic E-state index is 12.2. The summed E-state index contributed by atoms with van der Waals surface area (Å²) in [5.74, 6) is 0.435. The van der Waals surface area contributed by atoms with Gasteiger partial charge in [0.2, 0.25) is 0 Å². The van der Waals surface area contributed by atoms with E-state index in [9.17, 15) is 4.79 Å². The molecule has 106 valence electrons. The largest absolute Gasteiger partial charge is 0.481 e. The van der Waals surface area contributed by atoms with Crippen LogP contribution in [0, 0.1) is 0 Å². The number of amides is 1. The van der Waals surface area contributed by atoms with Crippen molar-refractivity contribution >= 4 is 17.5 Å². The number of hydrogen-bond donors (Lipinski definition) is 1. The minimum absolute atomic E-state index is 0.0460. The van der Waals surface area contributed by atoms with Crippen molar-refractivity contribution in [1.82, 2.24) is 4.90 Å². The molecule has 0 spiro atoms. The third-order valence-electron chi connectivity index (χ3n) is 2.63. The van der Waals surface area contributed by atoms with Gasteiger partial charge < -0.3 is 14.7 Å². The highest BCUT2D eigenvalue weighted by molar-refractivity contribution is 6.30. The molecule has 0 aromatic heterocycles. The number of ether oxygens (including phenoxy) is 1. The molecule has 0 saturated carbocycles. The predicted octanol–water partition coefficient (Wildman–Crippen LogP) is 2.34. The van der Waals surface area contributed by atoms with E-state index in [1.54, 1.807) is 36.1 Å². The van der Waals surface area contributed by atoms with Crippen LogP contribution in [0.2, 0.25) is 5.02 Å². The Bertz CT molecular complexity index is 405. The molecule has 0 heterocycles. The quantitative estimate of drug-likeness (QED) is 0.836. The van der Waals surface area contributed by atoms with E-state index in [1.807, 2.05) is 6.92 Å². The van der Waals surface area contributed by atoms with E-state index >= 15 is 0 Å². The highest BCUT2D eigenvalue weighted by Crippen LogP contribution is 2.18. The molecular weight excluding hydrogens is 266 g/mol. The van der Waals surface area contributed by atoms with E-state index in [0.717, 1.165) is 6.42 Å². The van der Waals surface area contributed by atoms with E-state index in [-0.39, 0.29) is 12.5 Å². The highest BCUT2D eigenvalue weighted by Gasteiger charge is 2.21. The number of nitrogens with zero attached hydrogens (tertiary/aromatic N) is 1. The molecule has 1 atom stereocenters. The summed E-state index contributed by atoms with van der Waals surface area (Å²) in [7, 11) is 0. The Morgan fingerprint density at radius 3 is 2.79 bits per heavy atom. The lowest BCUT2D eigenvalue weighted by molar-refractivity contribution is -0.138. The van der Waals surface area contributed by atoms with Gasteiger partial charge >= 0.3 is 0 Å². The van der Waals surface area contributed by atoms with Crippen molar-refractivity contribution < 1.29 is 14.6 Å². The van der Waals surface area contributed by atoms with E-state index in [4.69, 9.17) is 21.4 Å². The number of hydrogen-bond acceptors (Lipinski definition) is 3. The maximum atomic E-state index is 12.2. The van der Waals surface area contributed by atoms with Crippen LogP contribution < -0.4 is 4.74 Å². The molecule has 1 unspecified atom stereocenters. The van der Waals surface area contributed by atoms with Crippen molar-refractivity contribution in [2.75, 3.05) is 19.7 Å². The Hall–Kier alpha value is -1.26. The number of halogens is 1. The normalized spacial score (nSPS) is 12.0. The monoisotopic (exact) mass is 285 g/mol. The summed E-state index contributed by atoms with van der Waals surface area (Å²) in [6.07, 6.45) is 0.242. The summed E-state index contributed by atoms with van der Waals surface area (Å²) >= 11 is 5.86. The minimum atomic E-state index is -0.600. The molecule has 1 amide bonds. The van der Waals surface area contributed by atoms with Crippen molar-refractivity contribution in [3.8, 4) is 5.75 Å². The fraction of sp³-hybridized carbons (Fsp3) is 0.500. The van der Waals surface area contributed by atoms with Crippen LogP contribution in [0.1, 0.15) is 20.3 Å². The minimum Gasteiger partial charge on any atom is -0.481 e. The summed E-state index contributed by atoms with van der Waals surface area (Å²) in [5.41, 5.74) is 0. The zero-order valence-electron chi connectivity index (χ0n) is 11.3. The first kappa shape index (κ1) is 15.8. The van der Waals surface area contributed by atoms with E-state index in [0.29, 0.717) is 23.9 Å². The Kier molecular flexibility index (Phi) is 6.67. The Morgan fingerprint density at radius 1 is 1.47 bits per heavy atom. The first-order chi connectivity index (χ1) is 9.08. The predicted molar refractivity (Wildman–Crippen MR) is 75.5 cm³/mol. The van der Waals surface area contributed by atoms with Crippen LogP contribution in [0.25, 0.3) is 0 Å². The van der Waals surface area contributed by atoms with Gasteiger partial charge in [0.1, 0.15) is 5.75 Å². The fourth-order valence-corrected chi connectivity index (χ4v) is 1.96. The molecule has 0 aliphatic rings. The van der Waals surface area contributed by atoms with Gasteiger partial charge in [0.25, 0.3) is 5.91 Å².